The fraction of sp³-hybridized carbons (Fsp3) is 0.294. The Kier molecular flexibility index (Phi) is 3.88. The van der Waals surface area contributed by atoms with Crippen molar-refractivity contribution < 1.29 is 4.74 Å². The molecule has 3 nitrogen and oxygen atoms in total. The Bertz CT molecular complexity index is 565. The highest BCUT2D eigenvalue weighted by molar-refractivity contribution is 5.67. The molecule has 1 heterocycles. The van der Waals surface area contributed by atoms with Gasteiger partial charge in [0.25, 0.3) is 0 Å². The standard InChI is InChI=1S/C17H20N2O/c1-2-20-16-9-7-15(8-10-16)19-12-11-18-13-14-5-3-4-6-17(14)19/h3-10,18H,2,11-13H2,1H3. The van der Waals surface area contributed by atoms with Crippen LogP contribution >= 0.6 is 0 Å². The van der Waals surface area contributed by atoms with E-state index in [0.29, 0.717) is 6.61 Å². The number of anilines is 2. The fourth-order valence-electron chi connectivity index (χ4n) is 2.62. The monoisotopic (exact) mass is 268 g/mol. The third kappa shape index (κ3) is 2.63. The van der Waals surface area contributed by atoms with E-state index >= 15 is 0 Å². The summed E-state index contributed by atoms with van der Waals surface area (Å²) in [5.41, 5.74) is 3.85. The second kappa shape index (κ2) is 5.97. The lowest BCUT2D eigenvalue weighted by molar-refractivity contribution is 0.340. The lowest BCUT2D eigenvalue weighted by Crippen LogP contribution is -2.24. The first-order chi connectivity index (χ1) is 9.88. The molecule has 0 fully saturated rings. The van der Waals surface area contributed by atoms with Crippen LogP contribution in [0.15, 0.2) is 48.5 Å². The minimum Gasteiger partial charge on any atom is -0.494 e. The van der Waals surface area contributed by atoms with Crippen molar-refractivity contribution in [2.45, 2.75) is 13.5 Å². The van der Waals surface area contributed by atoms with Gasteiger partial charge in [-0.15, -0.1) is 0 Å². The topological polar surface area (TPSA) is 24.5 Å². The van der Waals surface area contributed by atoms with Crippen LogP contribution in [0.25, 0.3) is 0 Å². The van der Waals surface area contributed by atoms with Crippen LogP contribution < -0.4 is 15.0 Å². The number of fused-ring (bicyclic) bond motifs is 1. The Morgan fingerprint density at radius 2 is 1.90 bits per heavy atom. The van der Waals surface area contributed by atoms with Gasteiger partial charge in [-0.25, -0.2) is 0 Å². The zero-order valence-corrected chi connectivity index (χ0v) is 11.8. The average molecular weight is 268 g/mol. The van der Waals surface area contributed by atoms with Gasteiger partial charge >= 0.3 is 0 Å². The molecule has 0 aliphatic carbocycles. The summed E-state index contributed by atoms with van der Waals surface area (Å²) in [6.07, 6.45) is 0. The molecule has 20 heavy (non-hydrogen) atoms. The zero-order valence-electron chi connectivity index (χ0n) is 11.8. The predicted molar refractivity (Wildman–Crippen MR) is 82.8 cm³/mol. The Labute approximate surface area is 120 Å². The second-order valence-corrected chi connectivity index (χ2v) is 4.88. The molecule has 0 bridgehead atoms. The Morgan fingerprint density at radius 1 is 1.10 bits per heavy atom. The molecule has 0 spiro atoms. The number of nitrogens with one attached hydrogen (secondary N) is 1. The van der Waals surface area contributed by atoms with E-state index in [9.17, 15) is 0 Å². The van der Waals surface area contributed by atoms with E-state index in [1.54, 1.807) is 0 Å². The van der Waals surface area contributed by atoms with Crippen molar-refractivity contribution in [3.05, 3.63) is 54.1 Å². The summed E-state index contributed by atoms with van der Waals surface area (Å²) in [4.78, 5) is 2.37. The lowest BCUT2D eigenvalue weighted by atomic mass is 10.1. The summed E-state index contributed by atoms with van der Waals surface area (Å²) in [7, 11) is 0. The highest BCUT2D eigenvalue weighted by Crippen LogP contribution is 2.30. The Balaban J connectivity index is 1.92. The normalized spacial score (nSPS) is 14.6. The maximum absolute atomic E-state index is 5.51. The SMILES string of the molecule is CCOc1ccc(N2CCNCc3ccccc32)cc1. The van der Waals surface area contributed by atoms with E-state index in [0.717, 1.165) is 25.4 Å². The number of hydrogen-bond acceptors (Lipinski definition) is 3. The molecule has 2 aromatic rings. The van der Waals surface area contributed by atoms with Gasteiger partial charge in [0.2, 0.25) is 0 Å². The van der Waals surface area contributed by atoms with E-state index < -0.39 is 0 Å². The number of para-hydroxylation sites is 1. The molecule has 0 atom stereocenters. The molecular formula is C17H20N2O. The van der Waals surface area contributed by atoms with Crippen molar-refractivity contribution in [3.8, 4) is 5.75 Å². The maximum atomic E-state index is 5.51. The van der Waals surface area contributed by atoms with Crippen LogP contribution in [0.2, 0.25) is 0 Å². The van der Waals surface area contributed by atoms with Crippen LogP contribution in [0.1, 0.15) is 12.5 Å². The van der Waals surface area contributed by atoms with Gasteiger partial charge in [0.05, 0.1) is 6.61 Å². The number of rotatable bonds is 3. The second-order valence-electron chi connectivity index (χ2n) is 4.88. The van der Waals surface area contributed by atoms with Crippen LogP contribution in [-0.2, 0) is 6.54 Å². The highest BCUT2D eigenvalue weighted by atomic mass is 16.5. The third-order valence-corrected chi connectivity index (χ3v) is 3.57. The maximum Gasteiger partial charge on any atom is 0.119 e. The summed E-state index contributed by atoms with van der Waals surface area (Å²) in [5, 5.41) is 3.47. The molecule has 0 saturated carbocycles. The van der Waals surface area contributed by atoms with Crippen molar-refractivity contribution >= 4 is 11.4 Å². The summed E-state index contributed by atoms with van der Waals surface area (Å²) < 4.78 is 5.51. The van der Waals surface area contributed by atoms with E-state index in [1.165, 1.54) is 16.9 Å². The van der Waals surface area contributed by atoms with Crippen LogP contribution in [0.4, 0.5) is 11.4 Å². The quantitative estimate of drug-likeness (QED) is 0.924. The molecule has 3 rings (SSSR count). The fourth-order valence-corrected chi connectivity index (χ4v) is 2.62. The first kappa shape index (κ1) is 13.0. The first-order valence-electron chi connectivity index (χ1n) is 7.17. The van der Waals surface area contributed by atoms with Gasteiger partial charge in [-0.05, 0) is 42.8 Å². The molecule has 1 N–H and O–H groups in total. The predicted octanol–water partition coefficient (Wildman–Crippen LogP) is 3.33. The largest absolute Gasteiger partial charge is 0.494 e. The van der Waals surface area contributed by atoms with Gasteiger partial charge in [-0.1, -0.05) is 18.2 Å². The summed E-state index contributed by atoms with van der Waals surface area (Å²) in [6, 6.07) is 16.9. The van der Waals surface area contributed by atoms with Gasteiger partial charge in [0, 0.05) is 31.0 Å². The molecule has 3 heteroatoms. The van der Waals surface area contributed by atoms with E-state index in [2.05, 4.69) is 46.6 Å². The molecule has 0 amide bonds. The van der Waals surface area contributed by atoms with Crippen LogP contribution in [0.5, 0.6) is 5.75 Å². The van der Waals surface area contributed by atoms with E-state index in [-0.39, 0.29) is 0 Å². The van der Waals surface area contributed by atoms with Crippen molar-refractivity contribution in [3.63, 3.8) is 0 Å². The minimum atomic E-state index is 0.704. The molecule has 2 aromatic carbocycles. The van der Waals surface area contributed by atoms with Gasteiger partial charge in [0.1, 0.15) is 5.75 Å². The zero-order chi connectivity index (χ0) is 13.8. The minimum absolute atomic E-state index is 0.704. The van der Waals surface area contributed by atoms with Gasteiger partial charge in [-0.3, -0.25) is 0 Å². The highest BCUT2D eigenvalue weighted by Gasteiger charge is 2.15. The number of nitrogens with zero attached hydrogens (tertiary/aromatic N) is 1. The molecule has 0 saturated heterocycles. The van der Waals surface area contributed by atoms with Gasteiger partial charge < -0.3 is 15.0 Å². The average Bonchev–Trinajstić information content (AvgIpc) is 2.71. The van der Waals surface area contributed by atoms with Crippen LogP contribution in [-0.4, -0.2) is 19.7 Å². The molecular weight excluding hydrogens is 248 g/mol. The molecule has 1 aliphatic heterocycles. The third-order valence-electron chi connectivity index (χ3n) is 3.57. The Morgan fingerprint density at radius 3 is 2.70 bits per heavy atom. The summed E-state index contributed by atoms with van der Waals surface area (Å²) in [5.74, 6) is 0.928. The van der Waals surface area contributed by atoms with Crippen molar-refractivity contribution in [2.24, 2.45) is 0 Å². The van der Waals surface area contributed by atoms with Gasteiger partial charge in [0.15, 0.2) is 0 Å². The van der Waals surface area contributed by atoms with Gasteiger partial charge in [-0.2, -0.15) is 0 Å². The molecule has 1 aliphatic rings. The van der Waals surface area contributed by atoms with Crippen molar-refractivity contribution in [1.82, 2.24) is 5.32 Å². The smallest absolute Gasteiger partial charge is 0.119 e. The Hall–Kier alpha value is -2.00. The lowest BCUT2D eigenvalue weighted by Gasteiger charge is -2.24. The number of hydrogen-bond donors (Lipinski definition) is 1. The number of benzene rings is 2. The molecule has 0 radical (unpaired) electrons. The molecule has 104 valence electrons. The summed E-state index contributed by atoms with van der Waals surface area (Å²) in [6.45, 7) is 5.61. The first-order valence-corrected chi connectivity index (χ1v) is 7.17. The molecule has 0 aromatic heterocycles. The van der Waals surface area contributed by atoms with Crippen molar-refractivity contribution in [2.75, 3.05) is 24.6 Å². The number of ether oxygens (including phenoxy) is 1. The van der Waals surface area contributed by atoms with E-state index in [1.807, 2.05) is 19.1 Å². The van der Waals surface area contributed by atoms with Crippen LogP contribution in [0, 0.1) is 0 Å². The summed E-state index contributed by atoms with van der Waals surface area (Å²) >= 11 is 0. The van der Waals surface area contributed by atoms with Crippen molar-refractivity contribution in [1.29, 1.82) is 0 Å². The van der Waals surface area contributed by atoms with Crippen LogP contribution in [0.3, 0.4) is 0 Å². The molecule has 0 unspecified atom stereocenters. The van der Waals surface area contributed by atoms with E-state index in [4.69, 9.17) is 4.74 Å².